The van der Waals surface area contributed by atoms with Crippen molar-refractivity contribution in [2.45, 2.75) is 6.92 Å². The Morgan fingerprint density at radius 3 is 1.48 bits per heavy atom. The van der Waals surface area contributed by atoms with Crippen molar-refractivity contribution in [1.82, 2.24) is 0 Å². The van der Waals surface area contributed by atoms with Gasteiger partial charge in [0.25, 0.3) is 5.24 Å². The van der Waals surface area contributed by atoms with Gasteiger partial charge < -0.3 is 5.11 Å². The Morgan fingerprint density at radius 1 is 0.815 bits per heavy atom. The number of hydrogen-bond acceptors (Lipinski definition) is 4. The van der Waals surface area contributed by atoms with E-state index in [-0.39, 0.29) is 35.3 Å². The van der Waals surface area contributed by atoms with Crippen LogP contribution in [0.15, 0.2) is 84.9 Å². The zero-order chi connectivity index (χ0) is 19.8. The van der Waals surface area contributed by atoms with Gasteiger partial charge in [0, 0.05) is 5.56 Å². The number of nitrogens with two attached hydrogens (primary N) is 2. The quantitative estimate of drug-likeness (QED) is 0.239. The van der Waals surface area contributed by atoms with Crippen LogP contribution in [0, 0.1) is 6.92 Å². The topological polar surface area (TPSA) is 89.3 Å². The first-order chi connectivity index (χ1) is 12.5. The number of carbonyl (C=O) groups is 1. The summed E-state index contributed by atoms with van der Waals surface area (Å²) in [7, 11) is 0. The van der Waals surface area contributed by atoms with Crippen molar-refractivity contribution < 1.29 is 9.90 Å². The van der Waals surface area contributed by atoms with Gasteiger partial charge >= 0.3 is 29.6 Å². The normalized spacial score (nSPS) is 8.19. The molecule has 0 radical (unpaired) electrons. The molecule has 3 aromatic rings. The van der Waals surface area contributed by atoms with E-state index in [2.05, 4.69) is 30.7 Å². The molecule has 0 bridgehead atoms. The Bertz CT molecular complexity index is 724. The summed E-state index contributed by atoms with van der Waals surface area (Å²) in [4.78, 5) is 10.4. The zero-order valence-corrected chi connectivity index (χ0v) is 15.9. The van der Waals surface area contributed by atoms with Crippen LogP contribution in [0.1, 0.15) is 15.9 Å². The molecule has 0 atom stereocenters. The number of hydrogen-bond donors (Lipinski definition) is 3. The van der Waals surface area contributed by atoms with E-state index >= 15 is 0 Å². The minimum atomic E-state index is -0.407. The van der Waals surface area contributed by atoms with Crippen molar-refractivity contribution in [3.8, 4) is 5.75 Å². The fraction of sp³-hybridized carbons (Fsp3) is 0.0500. The number of aryl methyl sites for hydroxylation is 1. The standard InChI is InChI=1S/C7H5ClO.C7H8.C6H5ClO.H4N2.Na.H/c8-7(9)6-4-2-1-3-5-6;1-7-5-3-2-4-6-7;7-5-3-1-2-4-6(5)8;1-2;;/h1-5H;2-6H,1H3;1-4,8H;1-2H2;;. The van der Waals surface area contributed by atoms with Gasteiger partial charge in [-0.25, -0.2) is 0 Å². The predicted octanol–water partition coefficient (Wildman–Crippen LogP) is 4.28. The summed E-state index contributed by atoms with van der Waals surface area (Å²) in [5.41, 5.74) is 1.86. The second-order valence-electron chi connectivity index (χ2n) is 4.75. The summed E-state index contributed by atoms with van der Waals surface area (Å²) in [6.07, 6.45) is 0. The Morgan fingerprint density at radius 2 is 1.22 bits per heavy atom. The van der Waals surface area contributed by atoms with Crippen LogP contribution in [-0.2, 0) is 0 Å². The van der Waals surface area contributed by atoms with Crippen molar-refractivity contribution in [1.29, 1.82) is 0 Å². The van der Waals surface area contributed by atoms with Crippen molar-refractivity contribution >= 4 is 58.0 Å². The molecule has 5 N–H and O–H groups in total. The molecular formula is C20H23Cl2N2NaO2. The first-order valence-corrected chi connectivity index (χ1v) is 8.29. The van der Waals surface area contributed by atoms with Gasteiger partial charge in [0.1, 0.15) is 5.75 Å². The molecule has 0 saturated heterocycles. The number of phenols is 1. The van der Waals surface area contributed by atoms with E-state index in [9.17, 15) is 4.79 Å². The number of phenolic OH excluding ortho intramolecular Hbond substituents is 1. The summed E-state index contributed by atoms with van der Waals surface area (Å²) in [6, 6.07) is 25.7. The van der Waals surface area contributed by atoms with Crippen LogP contribution >= 0.6 is 23.2 Å². The maximum absolute atomic E-state index is 10.4. The predicted molar refractivity (Wildman–Crippen MR) is 116 cm³/mol. The molecule has 0 saturated carbocycles. The zero-order valence-electron chi connectivity index (χ0n) is 14.3. The molecule has 0 aliphatic heterocycles. The average molecular weight is 417 g/mol. The molecule has 0 aliphatic rings. The number of para-hydroxylation sites is 1. The van der Waals surface area contributed by atoms with Crippen LogP contribution in [0.3, 0.4) is 0 Å². The molecular weight excluding hydrogens is 394 g/mol. The summed E-state index contributed by atoms with van der Waals surface area (Å²) >= 11 is 10.6. The van der Waals surface area contributed by atoms with Gasteiger partial charge in [-0.05, 0) is 30.7 Å². The first-order valence-electron chi connectivity index (χ1n) is 7.54. The first kappa shape index (κ1) is 27.8. The Balaban J connectivity index is 0. The van der Waals surface area contributed by atoms with Gasteiger partial charge in [0.15, 0.2) is 0 Å². The van der Waals surface area contributed by atoms with Crippen molar-refractivity contribution in [2.75, 3.05) is 0 Å². The molecule has 0 heterocycles. The fourth-order valence-electron chi connectivity index (χ4n) is 1.56. The average Bonchev–Trinajstić information content (AvgIpc) is 2.68. The number of halogens is 2. The van der Waals surface area contributed by atoms with Crippen LogP contribution in [0.5, 0.6) is 5.75 Å². The number of hydrazine groups is 1. The summed E-state index contributed by atoms with van der Waals surface area (Å²) < 4.78 is 0. The summed E-state index contributed by atoms with van der Waals surface area (Å²) in [6.45, 7) is 2.08. The molecule has 140 valence electrons. The third-order valence-corrected chi connectivity index (χ3v) is 3.33. The van der Waals surface area contributed by atoms with E-state index in [4.69, 9.17) is 28.3 Å². The molecule has 3 aromatic carbocycles. The SMILES string of the molecule is Cc1ccccc1.NN.O=C(Cl)c1ccccc1.Oc1ccccc1Cl.[NaH]. The van der Waals surface area contributed by atoms with Crippen LogP contribution in [-0.4, -0.2) is 39.9 Å². The molecule has 0 aromatic heterocycles. The van der Waals surface area contributed by atoms with E-state index in [1.165, 1.54) is 5.56 Å². The van der Waals surface area contributed by atoms with Crippen molar-refractivity contribution in [2.24, 2.45) is 11.7 Å². The van der Waals surface area contributed by atoms with E-state index in [0.29, 0.717) is 10.6 Å². The van der Waals surface area contributed by atoms with E-state index in [1.807, 2.05) is 24.3 Å². The molecule has 3 rings (SSSR count). The van der Waals surface area contributed by atoms with Gasteiger partial charge in [-0.2, -0.15) is 0 Å². The molecule has 27 heavy (non-hydrogen) atoms. The third kappa shape index (κ3) is 14.4. The Labute approximate surface area is 192 Å². The van der Waals surface area contributed by atoms with Gasteiger partial charge in [0.05, 0.1) is 5.02 Å². The van der Waals surface area contributed by atoms with Crippen LogP contribution in [0.25, 0.3) is 0 Å². The van der Waals surface area contributed by atoms with E-state index < -0.39 is 5.24 Å². The molecule has 0 aliphatic carbocycles. The molecule has 0 fully saturated rings. The third-order valence-electron chi connectivity index (χ3n) is 2.79. The molecule has 4 nitrogen and oxygen atoms in total. The Kier molecular flexibility index (Phi) is 18.6. The van der Waals surface area contributed by atoms with E-state index in [0.717, 1.165) is 0 Å². The van der Waals surface area contributed by atoms with Crippen LogP contribution in [0.4, 0.5) is 0 Å². The van der Waals surface area contributed by atoms with Crippen LogP contribution < -0.4 is 11.7 Å². The second kappa shape index (κ2) is 18.0. The minimum absolute atomic E-state index is 0. The monoisotopic (exact) mass is 416 g/mol. The second-order valence-corrected chi connectivity index (χ2v) is 5.50. The molecule has 0 spiro atoms. The molecule has 0 unspecified atom stereocenters. The van der Waals surface area contributed by atoms with Gasteiger partial charge in [-0.1, -0.05) is 90.0 Å². The Hall–Kier alpha value is -1.37. The molecule has 7 heteroatoms. The van der Waals surface area contributed by atoms with Gasteiger partial charge in [-0.3, -0.25) is 16.5 Å². The number of benzene rings is 3. The molecule has 0 amide bonds. The summed E-state index contributed by atoms with van der Waals surface area (Å²) in [5.74, 6) is 8.13. The maximum atomic E-state index is 10.4. The number of carbonyl (C=O) groups excluding carboxylic acids is 1. The van der Waals surface area contributed by atoms with Crippen molar-refractivity contribution in [3.63, 3.8) is 0 Å². The number of aromatic hydroxyl groups is 1. The summed E-state index contributed by atoms with van der Waals surface area (Å²) in [5, 5.41) is 8.78. The van der Waals surface area contributed by atoms with E-state index in [1.54, 1.807) is 48.5 Å². The van der Waals surface area contributed by atoms with Crippen LogP contribution in [0.2, 0.25) is 5.02 Å². The van der Waals surface area contributed by atoms with Gasteiger partial charge in [-0.15, -0.1) is 0 Å². The number of rotatable bonds is 1. The van der Waals surface area contributed by atoms with Gasteiger partial charge in [0.2, 0.25) is 0 Å². The van der Waals surface area contributed by atoms with Crippen molar-refractivity contribution in [3.05, 3.63) is 101 Å². The fourth-order valence-corrected chi connectivity index (χ4v) is 1.82.